The molecule has 4 rings (SSSR count). The molecule has 2 amide bonds. The van der Waals surface area contributed by atoms with Crippen LogP contribution in [-0.4, -0.2) is 54.3 Å². The number of aryl methyl sites for hydroxylation is 2. The van der Waals surface area contributed by atoms with Gasteiger partial charge < -0.3 is 15.1 Å². The first kappa shape index (κ1) is 23.9. The molecule has 7 heteroatoms. The Kier molecular flexibility index (Phi) is 7.49. The minimum absolute atomic E-state index is 0.00982. The van der Waals surface area contributed by atoms with E-state index in [1.54, 1.807) is 0 Å². The van der Waals surface area contributed by atoms with Gasteiger partial charge in [-0.05, 0) is 96.0 Å². The number of nitrogens with one attached hydrogen (secondary N) is 1. The average molecular weight is 516 g/mol. The van der Waals surface area contributed by atoms with Gasteiger partial charge in [0.1, 0.15) is 5.82 Å². The standard InChI is InChI=1S/C26H31BrFN3O2/c1-17-12-19-7-10-31(16-22(19)13-18(17)2)26(33)21-4-3-9-30(15-21)11-8-29-25(32)20-5-6-24(28)23(27)14-20/h5-6,12-14,21H,3-4,7-11,15-16H2,1-2H3,(H,29,32). The van der Waals surface area contributed by atoms with Gasteiger partial charge in [0.2, 0.25) is 5.91 Å². The van der Waals surface area contributed by atoms with Crippen LogP contribution in [0.1, 0.15) is 45.5 Å². The summed E-state index contributed by atoms with van der Waals surface area (Å²) >= 11 is 3.11. The first-order chi connectivity index (χ1) is 15.8. The Morgan fingerprint density at radius 2 is 1.88 bits per heavy atom. The van der Waals surface area contributed by atoms with Crippen molar-refractivity contribution in [2.45, 2.75) is 39.7 Å². The number of carbonyl (C=O) groups excluding carboxylic acids is 2. The van der Waals surface area contributed by atoms with Crippen molar-refractivity contribution in [2.24, 2.45) is 5.92 Å². The van der Waals surface area contributed by atoms with Crippen LogP contribution in [0.4, 0.5) is 4.39 Å². The highest BCUT2D eigenvalue weighted by Gasteiger charge is 2.31. The van der Waals surface area contributed by atoms with E-state index in [4.69, 9.17) is 0 Å². The highest BCUT2D eigenvalue weighted by atomic mass is 79.9. The molecule has 5 nitrogen and oxygen atoms in total. The third-order valence-electron chi connectivity index (χ3n) is 6.89. The minimum atomic E-state index is -0.391. The van der Waals surface area contributed by atoms with Gasteiger partial charge in [0.05, 0.1) is 10.4 Å². The molecule has 33 heavy (non-hydrogen) atoms. The molecule has 1 atom stereocenters. The number of fused-ring (bicyclic) bond motifs is 1. The minimum Gasteiger partial charge on any atom is -0.351 e. The molecule has 2 aromatic carbocycles. The summed E-state index contributed by atoms with van der Waals surface area (Å²) in [5, 5.41) is 2.90. The van der Waals surface area contributed by atoms with Crippen molar-refractivity contribution < 1.29 is 14.0 Å². The SMILES string of the molecule is Cc1cc2c(cc1C)CN(C(=O)C1CCCN(CCNC(=O)c3ccc(F)c(Br)c3)C1)CC2. The van der Waals surface area contributed by atoms with E-state index in [-0.39, 0.29) is 22.2 Å². The van der Waals surface area contributed by atoms with Crippen molar-refractivity contribution in [1.82, 2.24) is 15.1 Å². The van der Waals surface area contributed by atoms with Gasteiger partial charge >= 0.3 is 0 Å². The van der Waals surface area contributed by atoms with Crippen LogP contribution in [0.25, 0.3) is 0 Å². The van der Waals surface area contributed by atoms with Gasteiger partial charge in [-0.25, -0.2) is 4.39 Å². The fraction of sp³-hybridized carbons (Fsp3) is 0.462. The molecule has 2 aliphatic rings. The second kappa shape index (κ2) is 10.3. The van der Waals surface area contributed by atoms with Crippen LogP contribution in [0.2, 0.25) is 0 Å². The number of piperidine rings is 1. The molecule has 1 N–H and O–H groups in total. The predicted molar refractivity (Wildman–Crippen MR) is 131 cm³/mol. The molecule has 1 fully saturated rings. The molecule has 1 unspecified atom stereocenters. The molecule has 0 aromatic heterocycles. The first-order valence-corrected chi connectivity index (χ1v) is 12.4. The maximum Gasteiger partial charge on any atom is 0.251 e. The fourth-order valence-electron chi connectivity index (χ4n) is 4.83. The first-order valence-electron chi connectivity index (χ1n) is 11.6. The third-order valence-corrected chi connectivity index (χ3v) is 7.50. The predicted octanol–water partition coefficient (Wildman–Crippen LogP) is 4.23. The lowest BCUT2D eigenvalue weighted by Crippen LogP contribution is -2.47. The number of hydrogen-bond donors (Lipinski definition) is 1. The smallest absolute Gasteiger partial charge is 0.251 e. The van der Waals surface area contributed by atoms with Gasteiger partial charge in [-0.1, -0.05) is 12.1 Å². The van der Waals surface area contributed by atoms with Gasteiger partial charge in [-0.15, -0.1) is 0 Å². The van der Waals surface area contributed by atoms with Crippen molar-refractivity contribution in [2.75, 3.05) is 32.7 Å². The summed E-state index contributed by atoms with van der Waals surface area (Å²) in [6.07, 6.45) is 2.82. The lowest BCUT2D eigenvalue weighted by atomic mass is 9.92. The van der Waals surface area contributed by atoms with Crippen LogP contribution in [0, 0.1) is 25.6 Å². The summed E-state index contributed by atoms with van der Waals surface area (Å²) < 4.78 is 13.7. The quantitative estimate of drug-likeness (QED) is 0.648. The zero-order chi connectivity index (χ0) is 23.5. The Morgan fingerprint density at radius 3 is 2.64 bits per heavy atom. The van der Waals surface area contributed by atoms with Crippen molar-refractivity contribution in [3.63, 3.8) is 0 Å². The largest absolute Gasteiger partial charge is 0.351 e. The summed E-state index contributed by atoms with van der Waals surface area (Å²) in [6.45, 7) is 8.61. The summed E-state index contributed by atoms with van der Waals surface area (Å²) in [6, 6.07) is 8.75. The van der Waals surface area contributed by atoms with Gasteiger partial charge in [0.25, 0.3) is 5.91 Å². The Morgan fingerprint density at radius 1 is 1.12 bits per heavy atom. The van der Waals surface area contributed by atoms with Crippen molar-refractivity contribution in [3.05, 3.63) is 68.4 Å². The number of nitrogens with zero attached hydrogens (tertiary/aromatic N) is 2. The van der Waals surface area contributed by atoms with Gasteiger partial charge in [-0.3, -0.25) is 9.59 Å². The molecule has 0 radical (unpaired) electrons. The normalized spacial score (nSPS) is 18.7. The van der Waals surface area contributed by atoms with E-state index in [9.17, 15) is 14.0 Å². The number of likely N-dealkylation sites (tertiary alicyclic amines) is 1. The lowest BCUT2D eigenvalue weighted by Gasteiger charge is -2.37. The maximum atomic E-state index is 13.4. The number of hydrogen-bond acceptors (Lipinski definition) is 3. The maximum absolute atomic E-state index is 13.4. The van der Waals surface area contributed by atoms with Crippen molar-refractivity contribution in [3.8, 4) is 0 Å². The zero-order valence-corrected chi connectivity index (χ0v) is 20.9. The Labute approximate surface area is 203 Å². The Hall–Kier alpha value is -2.25. The fourth-order valence-corrected chi connectivity index (χ4v) is 5.21. The number of benzene rings is 2. The van der Waals surface area contributed by atoms with Crippen LogP contribution >= 0.6 is 15.9 Å². The van der Waals surface area contributed by atoms with E-state index < -0.39 is 5.82 Å². The van der Waals surface area contributed by atoms with Gasteiger partial charge in [0.15, 0.2) is 0 Å². The molecule has 0 bridgehead atoms. The summed E-state index contributed by atoms with van der Waals surface area (Å²) in [5.41, 5.74) is 5.67. The Balaban J connectivity index is 1.28. The van der Waals surface area contributed by atoms with Crippen LogP contribution in [0.5, 0.6) is 0 Å². The molecule has 0 spiro atoms. The van der Waals surface area contributed by atoms with Gasteiger partial charge in [0, 0.05) is 38.3 Å². The molecule has 1 saturated heterocycles. The zero-order valence-electron chi connectivity index (χ0n) is 19.3. The molecular formula is C26H31BrFN3O2. The summed E-state index contributed by atoms with van der Waals surface area (Å²) in [7, 11) is 0. The van der Waals surface area contributed by atoms with E-state index in [0.29, 0.717) is 25.2 Å². The number of rotatable bonds is 5. The molecule has 176 valence electrons. The van der Waals surface area contributed by atoms with Gasteiger partial charge in [-0.2, -0.15) is 0 Å². The summed E-state index contributed by atoms with van der Waals surface area (Å²) in [5.74, 6) is -0.352. The number of halogens is 2. The third kappa shape index (κ3) is 5.64. The van der Waals surface area contributed by atoms with E-state index in [1.807, 2.05) is 4.90 Å². The monoisotopic (exact) mass is 515 g/mol. The molecule has 2 heterocycles. The van der Waals surface area contributed by atoms with Crippen molar-refractivity contribution >= 4 is 27.7 Å². The van der Waals surface area contributed by atoms with Crippen LogP contribution in [0.3, 0.4) is 0 Å². The Bertz CT molecular complexity index is 1060. The second-order valence-corrected chi connectivity index (χ2v) is 10.1. The summed E-state index contributed by atoms with van der Waals surface area (Å²) in [4.78, 5) is 29.9. The number of carbonyl (C=O) groups is 2. The average Bonchev–Trinajstić information content (AvgIpc) is 2.81. The van der Waals surface area contributed by atoms with E-state index in [2.05, 4.69) is 52.1 Å². The lowest BCUT2D eigenvalue weighted by molar-refractivity contribution is -0.138. The van der Waals surface area contributed by atoms with Crippen LogP contribution in [-0.2, 0) is 17.8 Å². The van der Waals surface area contributed by atoms with Crippen molar-refractivity contribution in [1.29, 1.82) is 0 Å². The van der Waals surface area contributed by atoms with E-state index >= 15 is 0 Å². The second-order valence-electron chi connectivity index (χ2n) is 9.24. The van der Waals surface area contributed by atoms with E-state index in [1.165, 1.54) is 40.5 Å². The number of amides is 2. The van der Waals surface area contributed by atoms with E-state index in [0.717, 1.165) is 38.9 Å². The molecule has 2 aromatic rings. The topological polar surface area (TPSA) is 52.7 Å². The highest BCUT2D eigenvalue weighted by Crippen LogP contribution is 2.26. The van der Waals surface area contributed by atoms with Crippen LogP contribution < -0.4 is 5.32 Å². The van der Waals surface area contributed by atoms with Crippen LogP contribution in [0.15, 0.2) is 34.8 Å². The molecule has 0 saturated carbocycles. The molecule has 0 aliphatic carbocycles. The highest BCUT2D eigenvalue weighted by molar-refractivity contribution is 9.10. The molecular weight excluding hydrogens is 485 g/mol. The molecule has 2 aliphatic heterocycles.